The Hall–Kier alpha value is -0.810. The molecule has 9 nitrogen and oxygen atoms in total. The molecule has 1 aliphatic heterocycles. The quantitative estimate of drug-likeness (QED) is 0.247. The van der Waals surface area contributed by atoms with E-state index in [2.05, 4.69) is 5.32 Å². The maximum absolute atomic E-state index is 11.8. The van der Waals surface area contributed by atoms with Crippen molar-refractivity contribution in [1.82, 2.24) is 5.32 Å². The summed E-state index contributed by atoms with van der Waals surface area (Å²) in [5.74, 6) is -0.0609. The monoisotopic (exact) mass is 407 g/mol. The van der Waals surface area contributed by atoms with Gasteiger partial charge in [0.2, 0.25) is 5.91 Å². The summed E-state index contributed by atoms with van der Waals surface area (Å²) in [7, 11) is 0. The summed E-state index contributed by atoms with van der Waals surface area (Å²) in [6, 6.07) is 0. The van der Waals surface area contributed by atoms with Crippen molar-refractivity contribution < 1.29 is 39.4 Å². The number of carbonyl (C=O) groups excluding carboxylic acids is 1. The first-order chi connectivity index (χ1) is 13.3. The number of amides is 1. The van der Waals surface area contributed by atoms with E-state index in [1.54, 1.807) is 0 Å². The molecule has 1 saturated heterocycles. The second kappa shape index (κ2) is 13.4. The largest absolute Gasteiger partial charge is 0.396 e. The lowest BCUT2D eigenvalue weighted by Gasteiger charge is -2.36. The molecule has 1 fully saturated rings. The molecule has 0 spiro atoms. The summed E-state index contributed by atoms with van der Waals surface area (Å²) in [4.78, 5) is 11.8. The molecule has 1 rings (SSSR count). The van der Waals surface area contributed by atoms with Crippen molar-refractivity contribution in [2.75, 3.05) is 33.0 Å². The summed E-state index contributed by atoms with van der Waals surface area (Å²) in [5, 5.41) is 40.3. The molecule has 0 radical (unpaired) electrons. The zero-order chi connectivity index (χ0) is 21.0. The van der Waals surface area contributed by atoms with Gasteiger partial charge in [0.15, 0.2) is 6.29 Å². The Morgan fingerprint density at radius 2 is 1.93 bits per heavy atom. The number of nitrogens with one attached hydrogen (secondary N) is 1. The number of hydrogen-bond donors (Lipinski definition) is 5. The summed E-state index contributed by atoms with van der Waals surface area (Å²) in [6.45, 7) is 4.79. The number of carbonyl (C=O) groups is 1. The third-order valence-electron chi connectivity index (χ3n) is 4.70. The number of aliphatic hydroxyl groups is 4. The standard InChI is InChI=1S/C19H37NO8/c1-19(2,7-9-21)27-11-6-16(24)20-8-4-3-5-10-26-17-12-14(23)18(25)15(13-22)28-17/h14-15,17-18,21-23,25H,3-13H2,1-2H3,(H,20,24)/t14-,15-,17-,18-/m1/s1. The maximum atomic E-state index is 11.8. The van der Waals surface area contributed by atoms with Crippen molar-refractivity contribution in [3.8, 4) is 0 Å². The van der Waals surface area contributed by atoms with Crippen LogP contribution in [-0.4, -0.2) is 89.5 Å². The van der Waals surface area contributed by atoms with Gasteiger partial charge >= 0.3 is 0 Å². The minimum atomic E-state index is -1.10. The van der Waals surface area contributed by atoms with Gasteiger partial charge in [0.25, 0.3) is 0 Å². The second-order valence-corrected chi connectivity index (χ2v) is 7.69. The zero-order valence-electron chi connectivity index (χ0n) is 17.0. The van der Waals surface area contributed by atoms with Gasteiger partial charge in [-0.15, -0.1) is 0 Å². The first-order valence-corrected chi connectivity index (χ1v) is 10.0. The average molecular weight is 408 g/mol. The molecule has 1 aliphatic rings. The maximum Gasteiger partial charge on any atom is 0.222 e. The van der Waals surface area contributed by atoms with Crippen molar-refractivity contribution in [1.29, 1.82) is 0 Å². The molecule has 0 bridgehead atoms. The molecule has 0 aliphatic carbocycles. The molecular weight excluding hydrogens is 370 g/mol. The highest BCUT2D eigenvalue weighted by Gasteiger charge is 2.36. The van der Waals surface area contributed by atoms with Crippen LogP contribution in [0.4, 0.5) is 0 Å². The van der Waals surface area contributed by atoms with Gasteiger partial charge in [-0.05, 0) is 39.5 Å². The van der Waals surface area contributed by atoms with Crippen molar-refractivity contribution in [3.63, 3.8) is 0 Å². The molecular formula is C19H37NO8. The zero-order valence-corrected chi connectivity index (χ0v) is 17.0. The van der Waals surface area contributed by atoms with E-state index in [1.807, 2.05) is 13.8 Å². The van der Waals surface area contributed by atoms with E-state index in [-0.39, 0.29) is 32.0 Å². The van der Waals surface area contributed by atoms with Crippen LogP contribution in [-0.2, 0) is 19.0 Å². The van der Waals surface area contributed by atoms with Gasteiger partial charge < -0.3 is 40.0 Å². The van der Waals surface area contributed by atoms with Crippen LogP contribution in [0.3, 0.4) is 0 Å². The molecule has 0 aromatic heterocycles. The first-order valence-electron chi connectivity index (χ1n) is 10.0. The highest BCUT2D eigenvalue weighted by molar-refractivity contribution is 5.75. The Morgan fingerprint density at radius 1 is 1.18 bits per heavy atom. The molecule has 166 valence electrons. The van der Waals surface area contributed by atoms with E-state index in [1.165, 1.54) is 0 Å². The first kappa shape index (κ1) is 25.2. The van der Waals surface area contributed by atoms with E-state index < -0.39 is 30.2 Å². The van der Waals surface area contributed by atoms with Crippen LogP contribution in [0.25, 0.3) is 0 Å². The lowest BCUT2D eigenvalue weighted by atomic mass is 10.0. The predicted molar refractivity (Wildman–Crippen MR) is 102 cm³/mol. The molecule has 0 aromatic rings. The summed E-state index contributed by atoms with van der Waals surface area (Å²) >= 11 is 0. The number of aliphatic hydroxyl groups excluding tert-OH is 4. The van der Waals surface area contributed by atoms with Crippen LogP contribution >= 0.6 is 0 Å². The molecule has 1 heterocycles. The fourth-order valence-corrected chi connectivity index (χ4v) is 2.87. The van der Waals surface area contributed by atoms with E-state index >= 15 is 0 Å². The van der Waals surface area contributed by atoms with Crippen molar-refractivity contribution in [3.05, 3.63) is 0 Å². The summed E-state index contributed by atoms with van der Waals surface area (Å²) in [5.41, 5.74) is -0.428. The third kappa shape index (κ3) is 10.1. The van der Waals surface area contributed by atoms with Crippen LogP contribution in [0, 0.1) is 0 Å². The minimum absolute atomic E-state index is 0.0559. The fourth-order valence-electron chi connectivity index (χ4n) is 2.87. The molecule has 1 amide bonds. The Balaban J connectivity index is 2.01. The van der Waals surface area contributed by atoms with Crippen molar-refractivity contribution in [2.24, 2.45) is 0 Å². The molecule has 28 heavy (non-hydrogen) atoms. The molecule has 4 atom stereocenters. The Labute approximate surface area is 167 Å². The molecule has 0 saturated carbocycles. The van der Waals surface area contributed by atoms with Gasteiger partial charge in [0.1, 0.15) is 12.2 Å². The normalized spacial score (nSPS) is 25.6. The van der Waals surface area contributed by atoms with Gasteiger partial charge in [0.05, 0.1) is 24.9 Å². The SMILES string of the molecule is CC(C)(CCO)OCCC(=O)NCCCCCO[C@H]1C[C@@H](O)[C@@H](O)[C@@H](CO)O1. The van der Waals surface area contributed by atoms with Gasteiger partial charge in [-0.3, -0.25) is 4.79 Å². The van der Waals surface area contributed by atoms with Gasteiger partial charge in [0, 0.05) is 32.6 Å². The molecule has 0 unspecified atom stereocenters. The molecule has 5 N–H and O–H groups in total. The van der Waals surface area contributed by atoms with Crippen LogP contribution in [0.2, 0.25) is 0 Å². The average Bonchev–Trinajstić information content (AvgIpc) is 2.63. The predicted octanol–water partition coefficient (Wildman–Crippen LogP) is -0.314. The highest BCUT2D eigenvalue weighted by atomic mass is 16.7. The Morgan fingerprint density at radius 3 is 2.61 bits per heavy atom. The Kier molecular flexibility index (Phi) is 12.1. The van der Waals surface area contributed by atoms with Crippen LogP contribution < -0.4 is 5.32 Å². The van der Waals surface area contributed by atoms with Crippen molar-refractivity contribution >= 4 is 5.91 Å². The van der Waals surface area contributed by atoms with Crippen molar-refractivity contribution in [2.45, 2.75) is 82.6 Å². The Bertz CT molecular complexity index is 434. The summed E-state index contributed by atoms with van der Waals surface area (Å²) < 4.78 is 16.5. The number of rotatable bonds is 14. The fraction of sp³-hybridized carbons (Fsp3) is 0.947. The third-order valence-corrected chi connectivity index (χ3v) is 4.70. The smallest absolute Gasteiger partial charge is 0.222 e. The van der Waals surface area contributed by atoms with E-state index in [0.717, 1.165) is 19.3 Å². The van der Waals surface area contributed by atoms with E-state index in [9.17, 15) is 15.0 Å². The number of unbranched alkanes of at least 4 members (excludes halogenated alkanes) is 2. The van der Waals surface area contributed by atoms with Crippen LogP contribution in [0.5, 0.6) is 0 Å². The van der Waals surface area contributed by atoms with E-state index in [0.29, 0.717) is 26.2 Å². The second-order valence-electron chi connectivity index (χ2n) is 7.69. The van der Waals surface area contributed by atoms with Gasteiger partial charge in [-0.2, -0.15) is 0 Å². The van der Waals surface area contributed by atoms with Crippen LogP contribution in [0.15, 0.2) is 0 Å². The number of ether oxygens (including phenoxy) is 3. The topological polar surface area (TPSA) is 138 Å². The summed E-state index contributed by atoms with van der Waals surface area (Å²) in [6.07, 6.45) is -0.0854. The van der Waals surface area contributed by atoms with Crippen LogP contribution in [0.1, 0.15) is 52.4 Å². The lowest BCUT2D eigenvalue weighted by molar-refractivity contribution is -0.256. The van der Waals surface area contributed by atoms with Gasteiger partial charge in [-0.25, -0.2) is 0 Å². The van der Waals surface area contributed by atoms with E-state index in [4.69, 9.17) is 24.4 Å². The van der Waals surface area contributed by atoms with Gasteiger partial charge in [-0.1, -0.05) is 0 Å². The minimum Gasteiger partial charge on any atom is -0.396 e. The number of hydrogen-bond acceptors (Lipinski definition) is 8. The highest BCUT2D eigenvalue weighted by Crippen LogP contribution is 2.21. The molecule has 0 aromatic carbocycles. The molecule has 9 heteroatoms. The lowest BCUT2D eigenvalue weighted by Crippen LogP contribution is -2.50.